The molecule has 0 saturated carbocycles. The number of carbonyl (C=O) groups is 1. The van der Waals surface area contributed by atoms with Crippen molar-refractivity contribution >= 4 is 17.7 Å². The first-order chi connectivity index (χ1) is 5.42. The zero-order valence-corrected chi connectivity index (χ0v) is 8.57. The molecule has 0 aromatic carbocycles. The van der Waals surface area contributed by atoms with E-state index in [1.54, 1.807) is 0 Å². The summed E-state index contributed by atoms with van der Waals surface area (Å²) in [5, 5.41) is 3.43. The van der Waals surface area contributed by atoms with Gasteiger partial charge in [-0.2, -0.15) is 0 Å². The highest BCUT2D eigenvalue weighted by atomic mass is 32.2. The molecule has 2 unspecified atom stereocenters. The monoisotopic (exact) mass is 188 g/mol. The zero-order valence-electron chi connectivity index (χ0n) is 7.76. The maximum Gasteiger partial charge on any atom is 0.235 e. The van der Waals surface area contributed by atoms with E-state index in [4.69, 9.17) is 5.73 Å². The van der Waals surface area contributed by atoms with Gasteiger partial charge in [0.05, 0.1) is 6.04 Å². The Kier molecular flexibility index (Phi) is 2.68. The first-order valence-electron chi connectivity index (χ1n) is 4.13. The van der Waals surface area contributed by atoms with Crippen LogP contribution in [-0.2, 0) is 4.79 Å². The maximum atomic E-state index is 10.9. The Morgan fingerprint density at radius 3 is 2.67 bits per heavy atom. The van der Waals surface area contributed by atoms with Crippen molar-refractivity contribution in [3.05, 3.63) is 0 Å². The predicted molar refractivity (Wildman–Crippen MR) is 52.1 cm³/mol. The third kappa shape index (κ3) is 2.14. The van der Waals surface area contributed by atoms with Crippen LogP contribution in [0.15, 0.2) is 0 Å². The van der Waals surface area contributed by atoms with E-state index in [1.807, 2.05) is 18.7 Å². The average Bonchev–Trinajstić information content (AvgIpc) is 1.83. The highest BCUT2D eigenvalue weighted by molar-refractivity contribution is 8.01. The van der Waals surface area contributed by atoms with Gasteiger partial charge in [0.1, 0.15) is 0 Å². The quantitative estimate of drug-likeness (QED) is 0.624. The molecule has 1 amide bonds. The number of rotatable bonds is 1. The molecule has 0 aliphatic carbocycles. The lowest BCUT2D eigenvalue weighted by atomic mass is 10.1. The molecule has 2 atom stereocenters. The second-order valence-corrected chi connectivity index (χ2v) is 5.93. The molecule has 1 heterocycles. The molecular weight excluding hydrogens is 172 g/mol. The van der Waals surface area contributed by atoms with E-state index in [2.05, 4.69) is 19.2 Å². The fraction of sp³-hybridized carbons (Fsp3) is 0.875. The van der Waals surface area contributed by atoms with Crippen LogP contribution < -0.4 is 11.1 Å². The molecule has 0 aromatic rings. The fourth-order valence-corrected chi connectivity index (χ4v) is 3.01. The molecule has 12 heavy (non-hydrogen) atoms. The Hall–Kier alpha value is -0.220. The van der Waals surface area contributed by atoms with Gasteiger partial charge in [0.15, 0.2) is 0 Å². The minimum atomic E-state index is -0.245. The molecule has 0 aromatic heterocycles. The van der Waals surface area contributed by atoms with Gasteiger partial charge in [-0.25, -0.2) is 0 Å². The standard InChI is InChI=1S/C8H16N2OS/c1-5-6(7(9)11)10-4-8(2,3)12-5/h5-6,10H,4H2,1-3H3,(H2,9,11). The average molecular weight is 188 g/mol. The van der Waals surface area contributed by atoms with E-state index in [0.29, 0.717) is 0 Å². The molecule has 1 saturated heterocycles. The number of carbonyl (C=O) groups excluding carboxylic acids is 1. The van der Waals surface area contributed by atoms with Gasteiger partial charge in [-0.05, 0) is 13.8 Å². The summed E-state index contributed by atoms with van der Waals surface area (Å²) in [7, 11) is 0. The maximum absolute atomic E-state index is 10.9. The summed E-state index contributed by atoms with van der Waals surface area (Å²) in [6.45, 7) is 7.21. The lowest BCUT2D eigenvalue weighted by Crippen LogP contribution is -2.55. The third-order valence-electron chi connectivity index (χ3n) is 2.03. The van der Waals surface area contributed by atoms with Crippen molar-refractivity contribution < 1.29 is 4.79 Å². The fourth-order valence-electron chi connectivity index (χ4n) is 1.47. The van der Waals surface area contributed by atoms with Crippen LogP contribution >= 0.6 is 11.8 Å². The number of primary amides is 1. The van der Waals surface area contributed by atoms with Crippen LogP contribution in [0.1, 0.15) is 20.8 Å². The number of amides is 1. The van der Waals surface area contributed by atoms with Crippen molar-refractivity contribution in [2.75, 3.05) is 6.54 Å². The number of thioether (sulfide) groups is 1. The Balaban J connectivity index is 2.60. The first-order valence-corrected chi connectivity index (χ1v) is 5.01. The lowest BCUT2D eigenvalue weighted by Gasteiger charge is -2.38. The summed E-state index contributed by atoms with van der Waals surface area (Å²) >= 11 is 1.82. The third-order valence-corrected chi connectivity index (χ3v) is 3.45. The van der Waals surface area contributed by atoms with Crippen molar-refractivity contribution in [1.29, 1.82) is 0 Å². The van der Waals surface area contributed by atoms with Crippen LogP contribution in [0.4, 0.5) is 0 Å². The second kappa shape index (κ2) is 3.26. The SMILES string of the molecule is CC1SC(C)(C)CNC1C(N)=O. The molecule has 0 bridgehead atoms. The number of nitrogens with two attached hydrogens (primary N) is 1. The van der Waals surface area contributed by atoms with Gasteiger partial charge in [0, 0.05) is 16.5 Å². The second-order valence-electron chi connectivity index (χ2n) is 3.84. The minimum Gasteiger partial charge on any atom is -0.368 e. The van der Waals surface area contributed by atoms with Crippen molar-refractivity contribution in [2.45, 2.75) is 36.8 Å². The molecule has 4 heteroatoms. The van der Waals surface area contributed by atoms with Crippen molar-refractivity contribution in [2.24, 2.45) is 5.73 Å². The molecule has 1 rings (SSSR count). The number of hydrogen-bond donors (Lipinski definition) is 2. The summed E-state index contributed by atoms with van der Waals surface area (Å²) in [4.78, 5) is 10.9. The van der Waals surface area contributed by atoms with E-state index in [9.17, 15) is 4.79 Å². The summed E-state index contributed by atoms with van der Waals surface area (Å²) in [6.07, 6.45) is 0. The van der Waals surface area contributed by atoms with Crippen LogP contribution in [0.2, 0.25) is 0 Å². The molecule has 0 radical (unpaired) electrons. The van der Waals surface area contributed by atoms with Gasteiger partial charge >= 0.3 is 0 Å². The van der Waals surface area contributed by atoms with E-state index in [1.165, 1.54) is 0 Å². The molecule has 1 aliphatic rings. The molecule has 1 fully saturated rings. The van der Waals surface area contributed by atoms with Crippen LogP contribution in [0.5, 0.6) is 0 Å². The van der Waals surface area contributed by atoms with Crippen LogP contribution in [-0.4, -0.2) is 28.5 Å². The van der Waals surface area contributed by atoms with E-state index < -0.39 is 0 Å². The number of nitrogens with one attached hydrogen (secondary N) is 1. The van der Waals surface area contributed by atoms with Gasteiger partial charge < -0.3 is 11.1 Å². The van der Waals surface area contributed by atoms with Gasteiger partial charge in [-0.15, -0.1) is 11.8 Å². The normalized spacial score (nSPS) is 34.6. The van der Waals surface area contributed by atoms with E-state index in [0.717, 1.165) is 6.54 Å². The van der Waals surface area contributed by atoms with Crippen molar-refractivity contribution in [1.82, 2.24) is 5.32 Å². The summed E-state index contributed by atoms with van der Waals surface area (Å²) < 4.78 is 0.214. The molecule has 3 nitrogen and oxygen atoms in total. The van der Waals surface area contributed by atoms with Crippen molar-refractivity contribution in [3.8, 4) is 0 Å². The summed E-state index contributed by atoms with van der Waals surface area (Å²) in [6, 6.07) is -0.164. The molecule has 70 valence electrons. The van der Waals surface area contributed by atoms with Crippen LogP contribution in [0.3, 0.4) is 0 Å². The Morgan fingerprint density at radius 2 is 2.25 bits per heavy atom. The lowest BCUT2D eigenvalue weighted by molar-refractivity contribution is -0.120. The largest absolute Gasteiger partial charge is 0.368 e. The van der Waals surface area contributed by atoms with Gasteiger partial charge in [-0.3, -0.25) is 4.79 Å². The topological polar surface area (TPSA) is 55.1 Å². The van der Waals surface area contributed by atoms with Crippen molar-refractivity contribution in [3.63, 3.8) is 0 Å². The van der Waals surface area contributed by atoms with Gasteiger partial charge in [0.25, 0.3) is 0 Å². The zero-order chi connectivity index (χ0) is 9.35. The van der Waals surface area contributed by atoms with E-state index >= 15 is 0 Å². The Morgan fingerprint density at radius 1 is 1.67 bits per heavy atom. The summed E-state index contributed by atoms with van der Waals surface area (Å²) in [5.74, 6) is -0.245. The first kappa shape index (κ1) is 9.86. The Labute approximate surface area is 77.5 Å². The van der Waals surface area contributed by atoms with Crippen LogP contribution in [0, 0.1) is 0 Å². The highest BCUT2D eigenvalue weighted by Crippen LogP contribution is 2.33. The minimum absolute atomic E-state index is 0.164. The predicted octanol–water partition coefficient (Wildman–Crippen LogP) is 0.344. The number of hydrogen-bond acceptors (Lipinski definition) is 3. The van der Waals surface area contributed by atoms with Gasteiger partial charge in [0.2, 0.25) is 5.91 Å². The van der Waals surface area contributed by atoms with Gasteiger partial charge in [-0.1, -0.05) is 6.92 Å². The Bertz CT molecular complexity index is 193. The highest BCUT2D eigenvalue weighted by Gasteiger charge is 2.35. The summed E-state index contributed by atoms with van der Waals surface area (Å²) in [5.41, 5.74) is 5.23. The van der Waals surface area contributed by atoms with Crippen LogP contribution in [0.25, 0.3) is 0 Å². The smallest absolute Gasteiger partial charge is 0.235 e. The molecule has 1 aliphatic heterocycles. The molecular formula is C8H16N2OS. The molecule has 3 N–H and O–H groups in total. The molecule has 0 spiro atoms. The van der Waals surface area contributed by atoms with E-state index in [-0.39, 0.29) is 21.9 Å².